The van der Waals surface area contributed by atoms with E-state index in [9.17, 15) is 4.79 Å². The van der Waals surface area contributed by atoms with Crippen LogP contribution in [0.25, 0.3) is 0 Å². The predicted octanol–water partition coefficient (Wildman–Crippen LogP) is 1.77. The van der Waals surface area contributed by atoms with Gasteiger partial charge in [-0.3, -0.25) is 9.69 Å². The van der Waals surface area contributed by atoms with Crippen molar-refractivity contribution in [2.45, 2.75) is 25.3 Å². The van der Waals surface area contributed by atoms with Crippen LogP contribution in [-0.4, -0.2) is 40.6 Å². The molecule has 0 spiro atoms. The van der Waals surface area contributed by atoms with Crippen molar-refractivity contribution < 1.29 is 14.1 Å². The fourth-order valence-electron chi connectivity index (χ4n) is 2.82. The van der Waals surface area contributed by atoms with Crippen molar-refractivity contribution in [1.29, 1.82) is 0 Å². The van der Waals surface area contributed by atoms with Crippen molar-refractivity contribution in [2.75, 3.05) is 19.7 Å². The lowest BCUT2D eigenvalue weighted by molar-refractivity contribution is 0.0987. The molecule has 1 fully saturated rings. The van der Waals surface area contributed by atoms with Gasteiger partial charge in [0.1, 0.15) is 5.75 Å². The Hall–Kier alpha value is -2.41. The van der Waals surface area contributed by atoms with E-state index >= 15 is 0 Å². The molecule has 0 unspecified atom stereocenters. The van der Waals surface area contributed by atoms with Gasteiger partial charge < -0.3 is 15.0 Å². The van der Waals surface area contributed by atoms with E-state index in [0.717, 1.165) is 38.1 Å². The molecule has 23 heavy (non-hydrogen) atoms. The summed E-state index contributed by atoms with van der Waals surface area (Å²) in [5, 5.41) is 3.62. The van der Waals surface area contributed by atoms with Gasteiger partial charge in [0.05, 0.1) is 12.6 Å². The minimum Gasteiger partial charge on any atom is -0.494 e. The second-order valence-corrected chi connectivity index (χ2v) is 5.53. The van der Waals surface area contributed by atoms with Crippen LogP contribution in [0.2, 0.25) is 0 Å². The molecule has 0 radical (unpaired) electrons. The highest BCUT2D eigenvalue weighted by Gasteiger charge is 2.30. The molecule has 2 N–H and O–H groups in total. The summed E-state index contributed by atoms with van der Waals surface area (Å²) in [5.41, 5.74) is 5.16. The average Bonchev–Trinajstić information content (AvgIpc) is 3.21. The predicted molar refractivity (Wildman–Crippen MR) is 82.9 cm³/mol. The molecule has 1 aliphatic heterocycles. The monoisotopic (exact) mass is 316 g/mol. The normalized spacial score (nSPS) is 18.2. The Morgan fingerprint density at radius 2 is 2.22 bits per heavy atom. The van der Waals surface area contributed by atoms with E-state index in [-0.39, 0.29) is 11.9 Å². The molecule has 3 rings (SSSR count). The molecule has 1 saturated heterocycles. The summed E-state index contributed by atoms with van der Waals surface area (Å²) < 4.78 is 10.9. The second kappa shape index (κ2) is 7.23. The van der Waals surface area contributed by atoms with E-state index in [1.807, 2.05) is 30.3 Å². The maximum absolute atomic E-state index is 11.1. The van der Waals surface area contributed by atoms with Crippen molar-refractivity contribution in [3.8, 4) is 5.75 Å². The van der Waals surface area contributed by atoms with Crippen molar-refractivity contribution >= 4 is 5.91 Å². The van der Waals surface area contributed by atoms with E-state index in [4.69, 9.17) is 15.0 Å². The third-order valence-corrected chi connectivity index (χ3v) is 3.91. The molecule has 1 amide bonds. The zero-order chi connectivity index (χ0) is 16.1. The third kappa shape index (κ3) is 3.87. The first-order valence-corrected chi connectivity index (χ1v) is 7.79. The Morgan fingerprint density at radius 3 is 2.96 bits per heavy atom. The molecule has 2 aromatic rings. The van der Waals surface area contributed by atoms with Crippen LogP contribution in [0, 0.1) is 0 Å². The lowest BCUT2D eigenvalue weighted by Gasteiger charge is -2.21. The third-order valence-electron chi connectivity index (χ3n) is 3.91. The van der Waals surface area contributed by atoms with Crippen LogP contribution in [-0.2, 0) is 0 Å². The highest BCUT2D eigenvalue weighted by molar-refractivity contribution is 5.88. The number of carbonyl (C=O) groups is 1. The van der Waals surface area contributed by atoms with Crippen molar-refractivity contribution in [3.05, 3.63) is 42.0 Å². The van der Waals surface area contributed by atoms with Crippen molar-refractivity contribution in [3.63, 3.8) is 0 Å². The van der Waals surface area contributed by atoms with Crippen molar-refractivity contribution in [2.24, 2.45) is 5.73 Å². The van der Waals surface area contributed by atoms with E-state index in [2.05, 4.69) is 15.0 Å². The largest absolute Gasteiger partial charge is 0.494 e. The van der Waals surface area contributed by atoms with Crippen LogP contribution in [0.5, 0.6) is 5.75 Å². The molecular weight excluding hydrogens is 296 g/mol. The number of hydrogen-bond donors (Lipinski definition) is 1. The summed E-state index contributed by atoms with van der Waals surface area (Å²) in [6.07, 6.45) is 2.92. The van der Waals surface area contributed by atoms with Gasteiger partial charge in [-0.25, -0.2) is 0 Å². The smallest absolute Gasteiger partial charge is 0.290 e. The minimum atomic E-state index is -0.666. The Bertz CT molecular complexity index is 644. The summed E-state index contributed by atoms with van der Waals surface area (Å²) in [6, 6.07) is 9.83. The molecular formula is C16H20N4O3. The Morgan fingerprint density at radius 1 is 1.39 bits per heavy atom. The standard InChI is InChI=1S/C16H20N4O3/c17-14(21)15-18-16(23-19-15)13-8-4-9-20(13)10-5-11-22-12-6-2-1-3-7-12/h1-3,6-7,13H,4-5,8-11H2,(H2,17,21)/t13-/m0/s1. The number of primary amides is 1. The van der Waals surface area contributed by atoms with Gasteiger partial charge in [-0.1, -0.05) is 23.4 Å². The molecule has 1 aromatic heterocycles. The molecule has 7 heteroatoms. The number of amides is 1. The van der Waals surface area contributed by atoms with Gasteiger partial charge in [-0.05, 0) is 37.9 Å². The summed E-state index contributed by atoms with van der Waals surface area (Å²) in [6.45, 7) is 2.51. The number of likely N-dealkylation sites (tertiary alicyclic amines) is 1. The minimum absolute atomic E-state index is 0.0562. The first-order chi connectivity index (χ1) is 11.2. The molecule has 2 heterocycles. The van der Waals surface area contributed by atoms with Gasteiger partial charge in [0, 0.05) is 6.54 Å². The van der Waals surface area contributed by atoms with Gasteiger partial charge in [0.15, 0.2) is 0 Å². The molecule has 0 aliphatic carbocycles. The lowest BCUT2D eigenvalue weighted by Crippen LogP contribution is -2.26. The quantitative estimate of drug-likeness (QED) is 0.782. The van der Waals surface area contributed by atoms with Gasteiger partial charge in [-0.2, -0.15) is 4.98 Å². The van der Waals surface area contributed by atoms with Crippen LogP contribution in [0.3, 0.4) is 0 Å². The number of nitrogens with two attached hydrogens (primary N) is 1. The van der Waals surface area contributed by atoms with Crippen LogP contribution in [0.15, 0.2) is 34.9 Å². The molecule has 0 bridgehead atoms. The van der Waals surface area contributed by atoms with Gasteiger partial charge in [0.2, 0.25) is 5.89 Å². The van der Waals surface area contributed by atoms with Crippen LogP contribution < -0.4 is 10.5 Å². The molecule has 122 valence electrons. The molecule has 1 aromatic carbocycles. The number of aromatic nitrogens is 2. The van der Waals surface area contributed by atoms with Gasteiger partial charge in [-0.15, -0.1) is 0 Å². The zero-order valence-electron chi connectivity index (χ0n) is 12.9. The number of hydrogen-bond acceptors (Lipinski definition) is 6. The van der Waals surface area contributed by atoms with Gasteiger partial charge >= 0.3 is 0 Å². The molecule has 0 saturated carbocycles. The van der Waals surface area contributed by atoms with Crippen LogP contribution >= 0.6 is 0 Å². The SMILES string of the molecule is NC(=O)c1noc([C@@H]2CCCN2CCCOc2ccccc2)n1. The average molecular weight is 316 g/mol. The van der Waals surface area contributed by atoms with E-state index in [1.165, 1.54) is 0 Å². The summed E-state index contributed by atoms with van der Waals surface area (Å²) in [4.78, 5) is 17.4. The molecule has 1 aliphatic rings. The summed E-state index contributed by atoms with van der Waals surface area (Å²) in [5.74, 6) is 0.633. The zero-order valence-corrected chi connectivity index (χ0v) is 12.9. The van der Waals surface area contributed by atoms with E-state index < -0.39 is 5.91 Å². The number of ether oxygens (including phenoxy) is 1. The van der Waals surface area contributed by atoms with E-state index in [1.54, 1.807) is 0 Å². The highest BCUT2D eigenvalue weighted by Crippen LogP contribution is 2.30. The number of carbonyl (C=O) groups excluding carboxylic acids is 1. The Labute approximate surface area is 134 Å². The number of rotatable bonds is 7. The first-order valence-electron chi connectivity index (χ1n) is 7.79. The first kappa shape index (κ1) is 15.5. The van der Waals surface area contributed by atoms with Crippen LogP contribution in [0.1, 0.15) is 41.8 Å². The maximum atomic E-state index is 11.1. The molecule has 7 nitrogen and oxygen atoms in total. The number of nitrogens with zero attached hydrogens (tertiary/aromatic N) is 3. The lowest BCUT2D eigenvalue weighted by atomic mass is 10.2. The topological polar surface area (TPSA) is 94.5 Å². The number of para-hydroxylation sites is 1. The summed E-state index contributed by atoms with van der Waals surface area (Å²) >= 11 is 0. The Kier molecular flexibility index (Phi) is 4.87. The fraction of sp³-hybridized carbons (Fsp3) is 0.438. The van der Waals surface area contributed by atoms with Crippen LogP contribution in [0.4, 0.5) is 0 Å². The van der Waals surface area contributed by atoms with Crippen molar-refractivity contribution in [1.82, 2.24) is 15.0 Å². The van der Waals surface area contributed by atoms with Gasteiger partial charge in [0.25, 0.3) is 11.7 Å². The second-order valence-electron chi connectivity index (χ2n) is 5.53. The Balaban J connectivity index is 1.49. The molecule has 1 atom stereocenters. The maximum Gasteiger partial charge on any atom is 0.290 e. The number of benzene rings is 1. The summed E-state index contributed by atoms with van der Waals surface area (Å²) in [7, 11) is 0. The fourth-order valence-corrected chi connectivity index (χ4v) is 2.82. The van der Waals surface area contributed by atoms with E-state index in [0.29, 0.717) is 12.5 Å². The highest BCUT2D eigenvalue weighted by atomic mass is 16.5.